The Morgan fingerprint density at radius 3 is 2.54 bits per heavy atom. The van der Waals surface area contributed by atoms with Gasteiger partial charge in [0.1, 0.15) is 0 Å². The van der Waals surface area contributed by atoms with E-state index in [2.05, 4.69) is 15.8 Å². The van der Waals surface area contributed by atoms with Gasteiger partial charge in [-0.2, -0.15) is 5.10 Å². The highest BCUT2D eigenvalue weighted by Gasteiger charge is 2.12. The lowest BCUT2D eigenvalue weighted by Gasteiger charge is -2.04. The second kappa shape index (κ2) is 7.98. The van der Waals surface area contributed by atoms with Crippen LogP contribution in [-0.2, 0) is 9.59 Å². The molecule has 2 aromatic rings. The molecule has 2 rings (SSSR count). The number of hydrazone groups is 1. The van der Waals surface area contributed by atoms with Gasteiger partial charge in [-0.25, -0.2) is 5.43 Å². The predicted molar refractivity (Wildman–Crippen MR) is 90.5 cm³/mol. The number of phenolic OH excluding ortho intramolecular Hbond substituents is 1. The summed E-state index contributed by atoms with van der Waals surface area (Å²) in [7, 11) is 1.42. The summed E-state index contributed by atoms with van der Waals surface area (Å²) >= 11 is 5.73. The Labute approximate surface area is 142 Å². The molecule has 0 aliphatic rings. The number of rotatable bonds is 4. The smallest absolute Gasteiger partial charge is 0.329 e. The molecule has 0 bridgehead atoms. The molecule has 0 fully saturated rings. The predicted octanol–water partition coefficient (Wildman–Crippen LogP) is 2.14. The Kier molecular flexibility index (Phi) is 5.75. The summed E-state index contributed by atoms with van der Waals surface area (Å²) < 4.78 is 4.95. The van der Waals surface area contributed by atoms with Crippen molar-refractivity contribution in [2.24, 2.45) is 5.10 Å². The van der Waals surface area contributed by atoms with Gasteiger partial charge in [-0.05, 0) is 48.0 Å². The molecule has 7 nitrogen and oxygen atoms in total. The molecule has 0 unspecified atom stereocenters. The van der Waals surface area contributed by atoms with Gasteiger partial charge in [0.2, 0.25) is 0 Å². The van der Waals surface area contributed by atoms with Crippen LogP contribution in [0.15, 0.2) is 47.6 Å². The van der Waals surface area contributed by atoms with Gasteiger partial charge in [0, 0.05) is 10.7 Å². The zero-order valence-corrected chi connectivity index (χ0v) is 13.4. The van der Waals surface area contributed by atoms with E-state index >= 15 is 0 Å². The number of phenols is 1. The molecule has 0 aliphatic heterocycles. The van der Waals surface area contributed by atoms with E-state index in [1.807, 2.05) is 0 Å². The van der Waals surface area contributed by atoms with Crippen LogP contribution in [0, 0.1) is 0 Å². The monoisotopic (exact) mass is 347 g/mol. The lowest BCUT2D eigenvalue weighted by molar-refractivity contribution is -0.136. The number of methoxy groups -OCH3 is 1. The highest BCUT2D eigenvalue weighted by atomic mass is 35.5. The van der Waals surface area contributed by atoms with Crippen LogP contribution in [0.2, 0.25) is 5.02 Å². The fourth-order valence-corrected chi connectivity index (χ4v) is 1.84. The van der Waals surface area contributed by atoms with Crippen molar-refractivity contribution >= 4 is 35.3 Å². The van der Waals surface area contributed by atoms with Gasteiger partial charge in [0.25, 0.3) is 0 Å². The Morgan fingerprint density at radius 2 is 1.88 bits per heavy atom. The minimum Gasteiger partial charge on any atom is -0.504 e. The molecule has 0 heterocycles. The molecule has 124 valence electrons. The average molecular weight is 348 g/mol. The lowest BCUT2D eigenvalue weighted by Crippen LogP contribution is -2.32. The van der Waals surface area contributed by atoms with Crippen LogP contribution in [0.3, 0.4) is 0 Å². The summed E-state index contributed by atoms with van der Waals surface area (Å²) in [6.45, 7) is 0. The van der Waals surface area contributed by atoms with Crippen LogP contribution in [0.4, 0.5) is 5.69 Å². The van der Waals surface area contributed by atoms with Gasteiger partial charge in [-0.1, -0.05) is 11.6 Å². The van der Waals surface area contributed by atoms with Crippen molar-refractivity contribution in [3.63, 3.8) is 0 Å². The van der Waals surface area contributed by atoms with E-state index in [9.17, 15) is 14.7 Å². The van der Waals surface area contributed by atoms with Crippen molar-refractivity contribution in [1.82, 2.24) is 5.43 Å². The van der Waals surface area contributed by atoms with E-state index in [0.29, 0.717) is 16.3 Å². The van der Waals surface area contributed by atoms with Gasteiger partial charge < -0.3 is 15.2 Å². The van der Waals surface area contributed by atoms with Crippen molar-refractivity contribution in [2.75, 3.05) is 12.4 Å². The third-order valence-electron chi connectivity index (χ3n) is 2.89. The maximum absolute atomic E-state index is 11.7. The van der Waals surface area contributed by atoms with Crippen LogP contribution >= 0.6 is 11.6 Å². The van der Waals surface area contributed by atoms with Gasteiger partial charge in [0.15, 0.2) is 11.5 Å². The summed E-state index contributed by atoms with van der Waals surface area (Å²) in [5.74, 6) is -1.53. The average Bonchev–Trinajstić information content (AvgIpc) is 2.58. The van der Waals surface area contributed by atoms with Crippen molar-refractivity contribution in [3.8, 4) is 11.5 Å². The topological polar surface area (TPSA) is 100 Å². The molecule has 0 radical (unpaired) electrons. The number of halogens is 1. The maximum atomic E-state index is 11.7. The number of ether oxygens (including phenoxy) is 1. The number of hydrogen-bond acceptors (Lipinski definition) is 5. The van der Waals surface area contributed by atoms with Gasteiger partial charge in [0.05, 0.1) is 13.3 Å². The Balaban J connectivity index is 1.92. The molecule has 2 amide bonds. The zero-order chi connectivity index (χ0) is 17.5. The summed E-state index contributed by atoms with van der Waals surface area (Å²) in [4.78, 5) is 23.4. The minimum atomic E-state index is -0.924. The van der Waals surface area contributed by atoms with Crippen LogP contribution in [0.5, 0.6) is 11.5 Å². The third-order valence-corrected chi connectivity index (χ3v) is 3.14. The molecule has 0 spiro atoms. The first-order chi connectivity index (χ1) is 11.5. The number of anilines is 1. The van der Waals surface area contributed by atoms with Crippen LogP contribution in [0.25, 0.3) is 0 Å². The Hall–Kier alpha value is -3.06. The van der Waals surface area contributed by atoms with Crippen molar-refractivity contribution in [1.29, 1.82) is 0 Å². The Morgan fingerprint density at radius 1 is 1.17 bits per heavy atom. The van der Waals surface area contributed by atoms with E-state index in [4.69, 9.17) is 16.3 Å². The number of benzene rings is 2. The first-order valence-electron chi connectivity index (χ1n) is 6.76. The molecule has 2 aromatic carbocycles. The summed E-state index contributed by atoms with van der Waals surface area (Å²) in [5, 5.41) is 16.1. The van der Waals surface area contributed by atoms with Gasteiger partial charge in [-0.3, -0.25) is 9.59 Å². The normalized spacial score (nSPS) is 10.4. The standard InChI is InChI=1S/C16H14ClN3O4/c1-24-14-8-10(2-7-13(14)21)9-18-20-16(23)15(22)19-12-5-3-11(17)4-6-12/h2-9,21H,1H3,(H,19,22)(H,20,23). The van der Waals surface area contributed by atoms with Crippen molar-refractivity contribution in [3.05, 3.63) is 53.1 Å². The number of carbonyl (C=O) groups is 2. The van der Waals surface area contributed by atoms with E-state index in [1.165, 1.54) is 25.5 Å². The van der Waals surface area contributed by atoms with Crippen LogP contribution < -0.4 is 15.5 Å². The maximum Gasteiger partial charge on any atom is 0.329 e. The Bertz CT molecular complexity index is 775. The zero-order valence-electron chi connectivity index (χ0n) is 12.6. The molecular formula is C16H14ClN3O4. The van der Waals surface area contributed by atoms with Crippen molar-refractivity contribution < 1.29 is 19.4 Å². The minimum absolute atomic E-state index is 0.0129. The highest BCUT2D eigenvalue weighted by Crippen LogP contribution is 2.25. The van der Waals surface area contributed by atoms with Crippen molar-refractivity contribution in [2.45, 2.75) is 0 Å². The second-order valence-corrected chi connectivity index (χ2v) is 5.03. The molecule has 0 saturated carbocycles. The fourth-order valence-electron chi connectivity index (χ4n) is 1.71. The lowest BCUT2D eigenvalue weighted by atomic mass is 10.2. The number of hydrogen-bond donors (Lipinski definition) is 3. The quantitative estimate of drug-likeness (QED) is 0.448. The van der Waals surface area contributed by atoms with E-state index in [0.717, 1.165) is 0 Å². The summed E-state index contributed by atoms with van der Waals surface area (Å²) in [5.41, 5.74) is 3.11. The molecule has 8 heteroatoms. The number of carbonyl (C=O) groups excluding carboxylic acids is 2. The van der Waals surface area contributed by atoms with Gasteiger partial charge >= 0.3 is 11.8 Å². The third kappa shape index (κ3) is 4.72. The first kappa shape index (κ1) is 17.3. The van der Waals surface area contributed by atoms with Crippen LogP contribution in [-0.4, -0.2) is 30.2 Å². The molecule has 0 aromatic heterocycles. The summed E-state index contributed by atoms with van der Waals surface area (Å²) in [6.07, 6.45) is 1.31. The molecule has 0 atom stereocenters. The fraction of sp³-hybridized carbons (Fsp3) is 0.0625. The SMILES string of the molecule is COc1cc(C=NNC(=O)C(=O)Nc2ccc(Cl)cc2)ccc1O. The largest absolute Gasteiger partial charge is 0.504 e. The number of nitrogens with one attached hydrogen (secondary N) is 2. The number of nitrogens with zero attached hydrogens (tertiary/aromatic N) is 1. The highest BCUT2D eigenvalue weighted by molar-refractivity contribution is 6.39. The molecule has 3 N–H and O–H groups in total. The second-order valence-electron chi connectivity index (χ2n) is 4.59. The molecule has 24 heavy (non-hydrogen) atoms. The van der Waals surface area contributed by atoms with Gasteiger partial charge in [-0.15, -0.1) is 0 Å². The molecule has 0 aliphatic carbocycles. The molecule has 0 saturated heterocycles. The molecular weight excluding hydrogens is 334 g/mol. The number of aromatic hydroxyl groups is 1. The number of amides is 2. The van der Waals surface area contributed by atoms with E-state index in [-0.39, 0.29) is 11.5 Å². The first-order valence-corrected chi connectivity index (χ1v) is 7.14. The van der Waals surface area contributed by atoms with E-state index in [1.54, 1.807) is 30.3 Å². The van der Waals surface area contributed by atoms with Crippen LogP contribution in [0.1, 0.15) is 5.56 Å². The summed E-state index contributed by atoms with van der Waals surface area (Å²) in [6, 6.07) is 10.8. The van der Waals surface area contributed by atoms with E-state index < -0.39 is 11.8 Å².